The van der Waals surface area contributed by atoms with Crippen molar-refractivity contribution in [3.63, 3.8) is 0 Å². The first-order valence-electron chi connectivity index (χ1n) is 3.01. The van der Waals surface area contributed by atoms with E-state index >= 15 is 0 Å². The first-order chi connectivity index (χ1) is 4.92. The minimum atomic E-state index is 0.553. The van der Waals surface area contributed by atoms with Crippen LogP contribution in [0.1, 0.15) is 5.69 Å². The highest BCUT2D eigenvalue weighted by Crippen LogP contribution is 2.11. The van der Waals surface area contributed by atoms with Crippen molar-refractivity contribution in [1.29, 1.82) is 0 Å². The number of imidazole rings is 1. The summed E-state index contributed by atoms with van der Waals surface area (Å²) in [5.41, 5.74) is 1.07. The molecule has 48 valence electrons. The number of hydrogen-bond acceptors (Lipinski definition) is 2. The molecular weight excluding hydrogens is 143 g/mol. The summed E-state index contributed by atoms with van der Waals surface area (Å²) in [5.74, 6) is 0. The zero-order chi connectivity index (χ0) is 6.97. The van der Waals surface area contributed by atoms with Crippen LogP contribution < -0.4 is 0 Å². The summed E-state index contributed by atoms with van der Waals surface area (Å²) in [6, 6.07) is 0. The van der Waals surface area contributed by atoms with Gasteiger partial charge in [-0.05, 0) is 6.32 Å². The van der Waals surface area contributed by atoms with Gasteiger partial charge in [0, 0.05) is 23.5 Å². The smallest absolute Gasteiger partial charge is 0.193 e. The third-order valence-corrected chi connectivity index (χ3v) is 2.20. The summed E-state index contributed by atoms with van der Waals surface area (Å²) >= 11 is 1.62. The molecule has 2 aromatic rings. The monoisotopic (exact) mass is 148 g/mol. The molecule has 0 N–H and O–H groups in total. The molecule has 10 heavy (non-hydrogen) atoms. The average Bonchev–Trinajstić information content (AvgIpc) is 2.44. The summed E-state index contributed by atoms with van der Waals surface area (Å²) in [6.07, 6.45) is 4.35. The Morgan fingerprint density at radius 2 is 2.60 bits per heavy atom. The average molecular weight is 148 g/mol. The Balaban J connectivity index is 2.76. The lowest BCUT2D eigenvalue weighted by Gasteiger charge is -1.88. The fourth-order valence-electron chi connectivity index (χ4n) is 0.927. The molecule has 0 spiro atoms. The highest BCUT2D eigenvalue weighted by Gasteiger charge is 1.99. The van der Waals surface area contributed by atoms with Gasteiger partial charge in [0.1, 0.15) is 0 Å². The predicted molar refractivity (Wildman–Crippen MR) is 42.5 cm³/mol. The minimum absolute atomic E-state index is 0.553. The molecule has 0 aromatic carbocycles. The molecule has 0 unspecified atom stereocenters. The Hall–Kier alpha value is -0.765. The third kappa shape index (κ3) is 0.687. The van der Waals surface area contributed by atoms with E-state index in [0.717, 1.165) is 10.7 Å². The van der Waals surface area contributed by atoms with Crippen molar-refractivity contribution < 1.29 is 0 Å². The van der Waals surface area contributed by atoms with E-state index in [0.29, 0.717) is 6.32 Å². The van der Waals surface area contributed by atoms with Gasteiger partial charge in [0.05, 0.1) is 7.85 Å². The van der Waals surface area contributed by atoms with Gasteiger partial charge in [-0.25, -0.2) is 4.98 Å². The van der Waals surface area contributed by atoms with Crippen LogP contribution in [0.25, 0.3) is 4.96 Å². The van der Waals surface area contributed by atoms with Gasteiger partial charge in [-0.2, -0.15) is 0 Å². The zero-order valence-electron chi connectivity index (χ0n) is 5.32. The molecule has 2 heterocycles. The van der Waals surface area contributed by atoms with E-state index in [1.54, 1.807) is 11.3 Å². The Morgan fingerprint density at radius 3 is 3.40 bits per heavy atom. The van der Waals surface area contributed by atoms with Crippen LogP contribution in [0, 0.1) is 0 Å². The van der Waals surface area contributed by atoms with E-state index in [1.807, 2.05) is 22.2 Å². The molecule has 2 nitrogen and oxygen atoms in total. The topological polar surface area (TPSA) is 17.3 Å². The number of thiazole rings is 1. The van der Waals surface area contributed by atoms with Crippen LogP contribution >= 0.6 is 11.3 Å². The molecule has 0 bridgehead atoms. The maximum atomic E-state index is 5.46. The van der Waals surface area contributed by atoms with Crippen LogP contribution in [0.4, 0.5) is 0 Å². The van der Waals surface area contributed by atoms with Crippen molar-refractivity contribution in [3.8, 4) is 0 Å². The van der Waals surface area contributed by atoms with Gasteiger partial charge < -0.3 is 0 Å². The third-order valence-electron chi connectivity index (χ3n) is 1.43. The molecule has 2 radical (unpaired) electrons. The zero-order valence-corrected chi connectivity index (χ0v) is 6.14. The van der Waals surface area contributed by atoms with Crippen LogP contribution in [0.15, 0.2) is 17.8 Å². The normalized spacial score (nSPS) is 10.8. The van der Waals surface area contributed by atoms with E-state index in [-0.39, 0.29) is 0 Å². The van der Waals surface area contributed by atoms with E-state index < -0.39 is 0 Å². The molecule has 0 saturated carbocycles. The van der Waals surface area contributed by atoms with Gasteiger partial charge in [-0.1, -0.05) is 0 Å². The van der Waals surface area contributed by atoms with E-state index in [1.165, 1.54) is 0 Å². The molecule has 0 saturated heterocycles. The maximum Gasteiger partial charge on any atom is 0.193 e. The van der Waals surface area contributed by atoms with Crippen molar-refractivity contribution in [3.05, 3.63) is 23.5 Å². The first-order valence-corrected chi connectivity index (χ1v) is 3.89. The molecule has 0 fully saturated rings. The maximum absolute atomic E-state index is 5.46. The molecule has 4 heteroatoms. The number of hydrogen-bond donors (Lipinski definition) is 0. The Labute approximate surface area is 63.9 Å². The number of nitrogens with zero attached hydrogens (tertiary/aromatic N) is 2. The van der Waals surface area contributed by atoms with Crippen LogP contribution in [-0.2, 0) is 6.32 Å². The molecule has 0 amide bonds. The predicted octanol–water partition coefficient (Wildman–Crippen LogP) is 1.06. The second-order valence-corrected chi connectivity index (χ2v) is 2.88. The van der Waals surface area contributed by atoms with Crippen molar-refractivity contribution in [2.75, 3.05) is 0 Å². The summed E-state index contributed by atoms with van der Waals surface area (Å²) in [7, 11) is 5.46. The molecule has 0 aliphatic heterocycles. The summed E-state index contributed by atoms with van der Waals surface area (Å²) in [5, 5.41) is 2.00. The van der Waals surface area contributed by atoms with Crippen LogP contribution in [-0.4, -0.2) is 17.2 Å². The van der Waals surface area contributed by atoms with Crippen LogP contribution in [0.5, 0.6) is 0 Å². The second-order valence-electron chi connectivity index (χ2n) is 2.01. The fraction of sp³-hybridized carbons (Fsp3) is 0.167. The molecule has 0 aliphatic rings. The minimum Gasteiger partial charge on any atom is -0.295 e. The van der Waals surface area contributed by atoms with Gasteiger partial charge in [-0.3, -0.25) is 4.40 Å². The first kappa shape index (κ1) is 5.98. The SMILES string of the molecule is [B]Cc1cnc2sccn12. The largest absolute Gasteiger partial charge is 0.295 e. The van der Waals surface area contributed by atoms with Crippen molar-refractivity contribution in [2.45, 2.75) is 6.32 Å². The lowest BCUT2D eigenvalue weighted by atomic mass is 10.0. The van der Waals surface area contributed by atoms with Crippen molar-refractivity contribution in [2.24, 2.45) is 0 Å². The summed E-state index contributed by atoms with van der Waals surface area (Å²) in [4.78, 5) is 5.17. The van der Waals surface area contributed by atoms with E-state index in [4.69, 9.17) is 7.85 Å². The Morgan fingerprint density at radius 1 is 1.70 bits per heavy atom. The molecule has 0 aliphatic carbocycles. The number of aromatic nitrogens is 2. The van der Waals surface area contributed by atoms with Gasteiger partial charge in [-0.15, -0.1) is 11.3 Å². The molecular formula is C6H5BN2S. The highest BCUT2D eigenvalue weighted by atomic mass is 32.1. The van der Waals surface area contributed by atoms with Gasteiger partial charge in [0.2, 0.25) is 0 Å². The van der Waals surface area contributed by atoms with Gasteiger partial charge in [0.15, 0.2) is 4.96 Å². The van der Waals surface area contributed by atoms with Crippen LogP contribution in [0.2, 0.25) is 0 Å². The number of fused-ring (bicyclic) bond motifs is 1. The standard InChI is InChI=1S/C6H5BN2S/c7-3-5-4-8-6-9(5)1-2-10-6/h1-2,4H,3H2. The molecule has 0 atom stereocenters. The molecule has 2 rings (SSSR count). The number of rotatable bonds is 1. The molecule has 2 aromatic heterocycles. The van der Waals surface area contributed by atoms with Crippen molar-refractivity contribution in [1.82, 2.24) is 9.38 Å². The second kappa shape index (κ2) is 2.13. The fourth-order valence-corrected chi connectivity index (χ4v) is 1.64. The van der Waals surface area contributed by atoms with Crippen molar-refractivity contribution >= 4 is 24.1 Å². The lowest BCUT2D eigenvalue weighted by Crippen LogP contribution is -1.87. The summed E-state index contributed by atoms with van der Waals surface area (Å²) < 4.78 is 2.00. The lowest BCUT2D eigenvalue weighted by molar-refractivity contribution is 1.11. The van der Waals surface area contributed by atoms with E-state index in [2.05, 4.69) is 4.98 Å². The Kier molecular flexibility index (Phi) is 1.27. The quantitative estimate of drug-likeness (QED) is 0.552. The Bertz CT molecular complexity index is 338. The summed E-state index contributed by atoms with van der Waals surface area (Å²) in [6.45, 7) is 0. The van der Waals surface area contributed by atoms with Crippen LogP contribution in [0.3, 0.4) is 0 Å². The van der Waals surface area contributed by atoms with Gasteiger partial charge in [0.25, 0.3) is 0 Å². The highest BCUT2D eigenvalue weighted by molar-refractivity contribution is 7.15. The van der Waals surface area contributed by atoms with E-state index in [9.17, 15) is 0 Å². The van der Waals surface area contributed by atoms with Gasteiger partial charge >= 0.3 is 0 Å².